The lowest BCUT2D eigenvalue weighted by molar-refractivity contribution is 0.669. The summed E-state index contributed by atoms with van der Waals surface area (Å²) < 4.78 is 6.40. The molecular weight excluding hydrogens is 516 g/mol. The molecule has 0 amide bonds. The number of aromatic nitrogens is 3. The van der Waals surface area contributed by atoms with Gasteiger partial charge in [0.2, 0.25) is 5.95 Å². The number of hydrogen-bond acceptors (Lipinski definition) is 5. The van der Waals surface area contributed by atoms with Crippen LogP contribution in [0.2, 0.25) is 0 Å². The second-order valence-electron chi connectivity index (χ2n) is 10.5. The van der Waals surface area contributed by atoms with E-state index in [-0.39, 0.29) is 0 Å². The molecule has 8 aromatic rings. The lowest BCUT2D eigenvalue weighted by Gasteiger charge is -2.32. The first-order chi connectivity index (χ1) is 20.8. The summed E-state index contributed by atoms with van der Waals surface area (Å²) in [7, 11) is 0. The Bertz CT molecular complexity index is 2320. The number of para-hydroxylation sites is 3. The maximum atomic E-state index is 6.40. The molecule has 1 aliphatic rings. The molecule has 2 aromatic heterocycles. The van der Waals surface area contributed by atoms with Crippen LogP contribution in [-0.2, 0) is 0 Å². The summed E-state index contributed by atoms with van der Waals surface area (Å²) in [6.07, 6.45) is 0. The van der Waals surface area contributed by atoms with Gasteiger partial charge in [0, 0.05) is 27.3 Å². The Morgan fingerprint density at radius 2 is 1.14 bits per heavy atom. The quantitative estimate of drug-likeness (QED) is 0.224. The van der Waals surface area contributed by atoms with E-state index in [4.69, 9.17) is 19.4 Å². The third-order valence-electron chi connectivity index (χ3n) is 8.06. The van der Waals surface area contributed by atoms with E-state index >= 15 is 0 Å². The number of anilines is 3. The van der Waals surface area contributed by atoms with Gasteiger partial charge in [0.15, 0.2) is 11.6 Å². The van der Waals surface area contributed by atoms with Crippen LogP contribution in [0, 0.1) is 0 Å². The molecule has 0 atom stereocenters. The van der Waals surface area contributed by atoms with Crippen LogP contribution in [0.3, 0.4) is 0 Å². The molecule has 1 aliphatic heterocycles. The zero-order valence-electron chi connectivity index (χ0n) is 22.4. The van der Waals surface area contributed by atoms with Gasteiger partial charge in [-0.25, -0.2) is 4.98 Å². The predicted octanol–water partition coefficient (Wildman–Crippen LogP) is 9.71. The maximum Gasteiger partial charge on any atom is 0.238 e. The molecule has 196 valence electrons. The van der Waals surface area contributed by atoms with Gasteiger partial charge in [-0.2, -0.15) is 9.97 Å². The summed E-state index contributed by atoms with van der Waals surface area (Å²) >= 11 is 0. The van der Waals surface area contributed by atoms with Crippen molar-refractivity contribution in [3.8, 4) is 33.9 Å². The molecule has 0 aliphatic carbocycles. The zero-order valence-corrected chi connectivity index (χ0v) is 22.4. The van der Waals surface area contributed by atoms with Crippen LogP contribution in [0.5, 0.6) is 0 Å². The standard InChI is InChI=1S/C37H22N4O/c1-2-11-24(12-3-1)35-38-36(29-19-10-18-28-26-16-5-7-22-32(26)42-34(28)29)40-37(39-35)41-30-20-6-4-15-25(30)27-17-8-13-23-14-9-21-31(41)33(23)27/h1-22H. The van der Waals surface area contributed by atoms with Gasteiger partial charge >= 0.3 is 0 Å². The van der Waals surface area contributed by atoms with E-state index in [0.717, 1.165) is 50.0 Å². The Kier molecular flexibility index (Phi) is 4.83. The Morgan fingerprint density at radius 3 is 2.07 bits per heavy atom. The van der Waals surface area contributed by atoms with Gasteiger partial charge in [-0.15, -0.1) is 0 Å². The SMILES string of the molecule is c1ccc(-c2nc(-c3cccc4c3oc3ccccc34)nc(N3c4ccccc4-c4cccc5cccc3c45)n2)cc1. The van der Waals surface area contributed by atoms with E-state index in [2.05, 4.69) is 77.7 Å². The number of fused-ring (bicyclic) bond motifs is 5. The normalized spacial score (nSPS) is 12.2. The van der Waals surface area contributed by atoms with Crippen molar-refractivity contribution in [1.29, 1.82) is 0 Å². The number of rotatable bonds is 3. The predicted molar refractivity (Wildman–Crippen MR) is 169 cm³/mol. The van der Waals surface area contributed by atoms with Crippen LogP contribution >= 0.6 is 0 Å². The molecule has 0 radical (unpaired) electrons. The lowest BCUT2D eigenvalue weighted by Crippen LogP contribution is -2.18. The van der Waals surface area contributed by atoms with Gasteiger partial charge in [-0.1, -0.05) is 109 Å². The fraction of sp³-hybridized carbons (Fsp3) is 0. The van der Waals surface area contributed by atoms with Crippen molar-refractivity contribution in [2.45, 2.75) is 0 Å². The van der Waals surface area contributed by atoms with Crippen molar-refractivity contribution in [1.82, 2.24) is 15.0 Å². The van der Waals surface area contributed by atoms with Crippen LogP contribution in [0.15, 0.2) is 138 Å². The second-order valence-corrected chi connectivity index (χ2v) is 10.5. The summed E-state index contributed by atoms with van der Waals surface area (Å²) in [6.45, 7) is 0. The summed E-state index contributed by atoms with van der Waals surface area (Å²) in [5, 5.41) is 4.46. The van der Waals surface area contributed by atoms with Crippen LogP contribution < -0.4 is 4.90 Å². The van der Waals surface area contributed by atoms with Crippen molar-refractivity contribution in [3.63, 3.8) is 0 Å². The summed E-state index contributed by atoms with van der Waals surface area (Å²) in [5.74, 6) is 1.72. The van der Waals surface area contributed by atoms with Gasteiger partial charge in [0.05, 0.1) is 16.9 Å². The molecule has 0 unspecified atom stereocenters. The molecule has 0 bridgehead atoms. The highest BCUT2D eigenvalue weighted by molar-refractivity contribution is 6.13. The van der Waals surface area contributed by atoms with E-state index in [1.54, 1.807) is 0 Å². The monoisotopic (exact) mass is 538 g/mol. The molecule has 5 heteroatoms. The van der Waals surface area contributed by atoms with Crippen molar-refractivity contribution in [2.24, 2.45) is 0 Å². The molecule has 0 saturated carbocycles. The summed E-state index contributed by atoms with van der Waals surface area (Å²) in [5.41, 5.74) is 7.77. The molecule has 0 N–H and O–H groups in total. The third-order valence-corrected chi connectivity index (χ3v) is 8.06. The highest BCUT2D eigenvalue weighted by Crippen LogP contribution is 2.50. The first kappa shape index (κ1) is 22.9. The Hall–Kier alpha value is -5.81. The average Bonchev–Trinajstić information content (AvgIpc) is 3.44. The van der Waals surface area contributed by atoms with Crippen LogP contribution in [0.1, 0.15) is 0 Å². The van der Waals surface area contributed by atoms with Crippen LogP contribution in [0.25, 0.3) is 66.6 Å². The van der Waals surface area contributed by atoms with Gasteiger partial charge in [0.25, 0.3) is 0 Å². The second kappa shape index (κ2) is 8.85. The van der Waals surface area contributed by atoms with Crippen molar-refractivity contribution < 1.29 is 4.42 Å². The van der Waals surface area contributed by atoms with Gasteiger partial charge in [-0.3, -0.25) is 4.90 Å². The number of furan rings is 1. The van der Waals surface area contributed by atoms with E-state index in [1.807, 2.05) is 60.7 Å². The highest BCUT2D eigenvalue weighted by Gasteiger charge is 2.28. The Labute approximate surface area is 241 Å². The van der Waals surface area contributed by atoms with Crippen molar-refractivity contribution in [2.75, 3.05) is 4.90 Å². The van der Waals surface area contributed by atoms with E-state index < -0.39 is 0 Å². The first-order valence-corrected chi connectivity index (χ1v) is 14.0. The molecule has 0 spiro atoms. The number of nitrogens with zero attached hydrogens (tertiary/aromatic N) is 4. The van der Waals surface area contributed by atoms with Gasteiger partial charge in [-0.05, 0) is 35.2 Å². The topological polar surface area (TPSA) is 55.1 Å². The third kappa shape index (κ3) is 3.34. The first-order valence-electron chi connectivity index (χ1n) is 14.0. The summed E-state index contributed by atoms with van der Waals surface area (Å²) in [4.78, 5) is 17.5. The van der Waals surface area contributed by atoms with E-state index in [0.29, 0.717) is 17.6 Å². The Morgan fingerprint density at radius 1 is 0.476 bits per heavy atom. The average molecular weight is 539 g/mol. The van der Waals surface area contributed by atoms with Gasteiger partial charge < -0.3 is 4.42 Å². The van der Waals surface area contributed by atoms with Crippen molar-refractivity contribution in [3.05, 3.63) is 133 Å². The molecule has 3 heterocycles. The molecule has 0 saturated heterocycles. The fourth-order valence-corrected chi connectivity index (χ4v) is 6.20. The van der Waals surface area contributed by atoms with Gasteiger partial charge in [0.1, 0.15) is 11.2 Å². The van der Waals surface area contributed by atoms with E-state index in [9.17, 15) is 0 Å². The zero-order chi connectivity index (χ0) is 27.6. The molecule has 42 heavy (non-hydrogen) atoms. The number of benzene rings is 6. The van der Waals surface area contributed by atoms with Crippen LogP contribution in [0.4, 0.5) is 17.3 Å². The number of hydrogen-bond donors (Lipinski definition) is 0. The Balaban J connectivity index is 1.36. The highest BCUT2D eigenvalue weighted by atomic mass is 16.3. The summed E-state index contributed by atoms with van der Waals surface area (Å²) in [6, 6.07) is 45.7. The molecular formula is C37H22N4O. The molecule has 9 rings (SSSR count). The smallest absolute Gasteiger partial charge is 0.238 e. The maximum absolute atomic E-state index is 6.40. The fourth-order valence-electron chi connectivity index (χ4n) is 6.20. The van der Waals surface area contributed by atoms with Crippen molar-refractivity contribution >= 4 is 50.0 Å². The molecule has 5 nitrogen and oxygen atoms in total. The minimum absolute atomic E-state index is 0.557. The molecule has 0 fully saturated rings. The largest absolute Gasteiger partial charge is 0.455 e. The lowest BCUT2D eigenvalue weighted by atomic mass is 9.91. The van der Waals surface area contributed by atoms with E-state index in [1.165, 1.54) is 16.3 Å². The minimum atomic E-state index is 0.557. The minimum Gasteiger partial charge on any atom is -0.455 e. The van der Waals surface area contributed by atoms with Crippen LogP contribution in [-0.4, -0.2) is 15.0 Å². The molecule has 6 aromatic carbocycles.